The van der Waals surface area contributed by atoms with Crippen LogP contribution in [0.25, 0.3) is 0 Å². The van der Waals surface area contributed by atoms with Crippen molar-refractivity contribution in [1.29, 1.82) is 0 Å². The van der Waals surface area contributed by atoms with Crippen molar-refractivity contribution in [2.45, 2.75) is 40.2 Å². The minimum atomic E-state index is -0.0922. The van der Waals surface area contributed by atoms with Gasteiger partial charge in [0.2, 0.25) is 5.91 Å². The van der Waals surface area contributed by atoms with Gasteiger partial charge in [0.05, 0.1) is 5.56 Å². The van der Waals surface area contributed by atoms with Crippen LogP contribution in [-0.2, 0) is 11.3 Å². The van der Waals surface area contributed by atoms with Crippen LogP contribution in [0.1, 0.15) is 35.4 Å². The summed E-state index contributed by atoms with van der Waals surface area (Å²) in [4.78, 5) is 33.7. The van der Waals surface area contributed by atoms with Crippen LogP contribution in [0.5, 0.6) is 0 Å². The quantitative estimate of drug-likeness (QED) is 0.883. The molecule has 26 heavy (non-hydrogen) atoms. The summed E-state index contributed by atoms with van der Waals surface area (Å²) in [6.45, 7) is 7.66. The highest BCUT2D eigenvalue weighted by atomic mass is 16.2. The highest BCUT2D eigenvalue weighted by Crippen LogP contribution is 2.23. The Balaban J connectivity index is 1.55. The first-order valence-electron chi connectivity index (χ1n) is 9.10. The molecule has 1 saturated heterocycles. The monoisotopic (exact) mass is 354 g/mol. The number of nitrogens with zero attached hydrogens (tertiary/aromatic N) is 2. The molecule has 6 nitrogen and oxygen atoms in total. The van der Waals surface area contributed by atoms with Gasteiger partial charge in [0.15, 0.2) is 0 Å². The van der Waals surface area contributed by atoms with Crippen molar-refractivity contribution < 1.29 is 4.79 Å². The lowest BCUT2D eigenvalue weighted by Gasteiger charge is -2.32. The van der Waals surface area contributed by atoms with Crippen LogP contribution in [-0.4, -0.2) is 29.0 Å². The molecule has 0 radical (unpaired) electrons. The number of carbonyl (C=O) groups is 1. The number of rotatable bonds is 4. The number of aromatic nitrogens is 2. The van der Waals surface area contributed by atoms with Gasteiger partial charge in [-0.05, 0) is 39.2 Å². The number of nitrogens with one attached hydrogen (secondary N) is 2. The summed E-state index contributed by atoms with van der Waals surface area (Å²) in [5.74, 6) is 1.48. The fourth-order valence-corrected chi connectivity index (χ4v) is 3.33. The number of piperidine rings is 1. The first-order chi connectivity index (χ1) is 12.4. The van der Waals surface area contributed by atoms with Gasteiger partial charge in [0.1, 0.15) is 11.6 Å². The van der Waals surface area contributed by atoms with Gasteiger partial charge >= 0.3 is 0 Å². The van der Waals surface area contributed by atoms with Crippen LogP contribution in [0.3, 0.4) is 0 Å². The molecule has 0 atom stereocenters. The molecule has 1 aromatic heterocycles. The second-order valence-corrected chi connectivity index (χ2v) is 7.06. The molecule has 2 aromatic rings. The molecule has 2 N–H and O–H groups in total. The average Bonchev–Trinajstić information content (AvgIpc) is 2.64. The standard InChI is InChI=1S/C20H26N4O2/c1-13-4-6-16(7-5-13)12-21-20(26)17-8-10-24(11-9-17)18-14(2)19(25)23-15(3)22-18/h4-7,17H,8-12H2,1-3H3,(H,21,26)(H,22,23,25). The van der Waals surface area contributed by atoms with Crippen molar-refractivity contribution >= 4 is 11.7 Å². The summed E-state index contributed by atoms with van der Waals surface area (Å²) in [5.41, 5.74) is 2.87. The number of hydrogen-bond donors (Lipinski definition) is 2. The number of carbonyl (C=O) groups excluding carboxylic acids is 1. The largest absolute Gasteiger partial charge is 0.356 e. The molecule has 1 fully saturated rings. The number of anilines is 1. The van der Waals surface area contributed by atoms with Gasteiger partial charge in [-0.25, -0.2) is 4.98 Å². The number of benzene rings is 1. The molecule has 138 valence electrons. The Hall–Kier alpha value is -2.63. The zero-order valence-electron chi connectivity index (χ0n) is 15.6. The van der Waals surface area contributed by atoms with Gasteiger partial charge in [0, 0.05) is 25.6 Å². The summed E-state index contributed by atoms with van der Waals surface area (Å²) in [6.07, 6.45) is 1.54. The third-order valence-corrected chi connectivity index (χ3v) is 5.00. The topological polar surface area (TPSA) is 78.1 Å². The van der Waals surface area contributed by atoms with E-state index in [1.54, 1.807) is 13.8 Å². The first-order valence-corrected chi connectivity index (χ1v) is 9.10. The molecular formula is C20H26N4O2. The minimum Gasteiger partial charge on any atom is -0.356 e. The van der Waals surface area contributed by atoms with Crippen LogP contribution in [0.4, 0.5) is 5.82 Å². The molecule has 1 aliphatic rings. The molecule has 1 aliphatic heterocycles. The van der Waals surface area contributed by atoms with E-state index in [1.165, 1.54) is 5.56 Å². The highest BCUT2D eigenvalue weighted by Gasteiger charge is 2.26. The molecule has 0 spiro atoms. The van der Waals surface area contributed by atoms with Gasteiger partial charge in [-0.15, -0.1) is 0 Å². The molecule has 0 unspecified atom stereocenters. The van der Waals surface area contributed by atoms with Crippen molar-refractivity contribution in [3.63, 3.8) is 0 Å². The second kappa shape index (κ2) is 7.72. The molecule has 6 heteroatoms. The molecule has 0 aliphatic carbocycles. The minimum absolute atomic E-state index is 0.0140. The Morgan fingerprint density at radius 2 is 1.85 bits per heavy atom. The average molecular weight is 354 g/mol. The van der Waals surface area contributed by atoms with E-state index in [0.717, 1.165) is 37.3 Å². The summed E-state index contributed by atoms with van der Waals surface area (Å²) < 4.78 is 0. The Kier molecular flexibility index (Phi) is 5.40. The maximum absolute atomic E-state index is 12.5. The Labute approximate surface area is 153 Å². The molecule has 3 rings (SSSR count). The SMILES string of the molecule is Cc1ccc(CNC(=O)C2CCN(c3nc(C)[nH]c(=O)c3C)CC2)cc1. The molecule has 1 amide bonds. The van der Waals surface area contributed by atoms with Gasteiger partial charge in [-0.2, -0.15) is 0 Å². The fraction of sp³-hybridized carbons (Fsp3) is 0.450. The van der Waals surface area contributed by atoms with Gasteiger partial charge in [-0.3, -0.25) is 9.59 Å². The van der Waals surface area contributed by atoms with E-state index in [2.05, 4.69) is 39.2 Å². The molecule has 2 heterocycles. The van der Waals surface area contributed by atoms with E-state index in [9.17, 15) is 9.59 Å². The number of aromatic amines is 1. The van der Waals surface area contributed by atoms with Gasteiger partial charge < -0.3 is 15.2 Å². The summed E-state index contributed by atoms with van der Waals surface area (Å²) in [6, 6.07) is 8.20. The smallest absolute Gasteiger partial charge is 0.255 e. The van der Waals surface area contributed by atoms with Crippen LogP contribution in [0.15, 0.2) is 29.1 Å². The van der Waals surface area contributed by atoms with Crippen molar-refractivity contribution in [2.75, 3.05) is 18.0 Å². The molecule has 1 aromatic carbocycles. The number of amides is 1. The Morgan fingerprint density at radius 3 is 2.50 bits per heavy atom. The lowest BCUT2D eigenvalue weighted by Crippen LogP contribution is -2.41. The van der Waals surface area contributed by atoms with Crippen molar-refractivity contribution in [2.24, 2.45) is 5.92 Å². The zero-order chi connectivity index (χ0) is 18.7. The third-order valence-electron chi connectivity index (χ3n) is 5.00. The zero-order valence-corrected chi connectivity index (χ0v) is 15.6. The lowest BCUT2D eigenvalue weighted by molar-refractivity contribution is -0.125. The number of hydrogen-bond acceptors (Lipinski definition) is 4. The van der Waals surface area contributed by atoms with E-state index in [1.807, 2.05) is 12.1 Å². The first kappa shape index (κ1) is 18.2. The second-order valence-electron chi connectivity index (χ2n) is 7.06. The Morgan fingerprint density at radius 1 is 1.19 bits per heavy atom. The van der Waals surface area contributed by atoms with Crippen molar-refractivity contribution in [3.05, 3.63) is 57.1 Å². The lowest BCUT2D eigenvalue weighted by atomic mass is 9.95. The maximum Gasteiger partial charge on any atom is 0.255 e. The Bertz CT molecular complexity index is 834. The van der Waals surface area contributed by atoms with Crippen LogP contribution >= 0.6 is 0 Å². The van der Waals surface area contributed by atoms with E-state index < -0.39 is 0 Å². The summed E-state index contributed by atoms with van der Waals surface area (Å²) in [7, 11) is 0. The fourth-order valence-electron chi connectivity index (χ4n) is 3.33. The summed E-state index contributed by atoms with van der Waals surface area (Å²) >= 11 is 0. The molecular weight excluding hydrogens is 328 g/mol. The number of H-pyrrole nitrogens is 1. The predicted octanol–water partition coefficient (Wildman–Crippen LogP) is 2.23. The predicted molar refractivity (Wildman–Crippen MR) is 102 cm³/mol. The van der Waals surface area contributed by atoms with E-state index in [4.69, 9.17) is 0 Å². The van der Waals surface area contributed by atoms with Crippen molar-refractivity contribution in [1.82, 2.24) is 15.3 Å². The molecule has 0 saturated carbocycles. The van der Waals surface area contributed by atoms with Crippen LogP contribution < -0.4 is 15.8 Å². The summed E-state index contributed by atoms with van der Waals surface area (Å²) in [5, 5.41) is 3.04. The van der Waals surface area contributed by atoms with E-state index >= 15 is 0 Å². The van der Waals surface area contributed by atoms with Crippen LogP contribution in [0, 0.1) is 26.7 Å². The van der Waals surface area contributed by atoms with E-state index in [0.29, 0.717) is 17.9 Å². The van der Waals surface area contributed by atoms with Crippen molar-refractivity contribution in [3.8, 4) is 0 Å². The van der Waals surface area contributed by atoms with Gasteiger partial charge in [0.25, 0.3) is 5.56 Å². The highest BCUT2D eigenvalue weighted by molar-refractivity contribution is 5.79. The molecule has 0 bridgehead atoms. The maximum atomic E-state index is 12.5. The number of aryl methyl sites for hydroxylation is 2. The van der Waals surface area contributed by atoms with Crippen LogP contribution in [0.2, 0.25) is 0 Å². The van der Waals surface area contributed by atoms with E-state index in [-0.39, 0.29) is 17.4 Å². The third kappa shape index (κ3) is 4.12. The van der Waals surface area contributed by atoms with Gasteiger partial charge in [-0.1, -0.05) is 29.8 Å². The normalized spacial score (nSPS) is 15.1.